The van der Waals surface area contributed by atoms with Gasteiger partial charge in [-0.05, 0) is 36.8 Å². The minimum Gasteiger partial charge on any atom is -0.497 e. The lowest BCUT2D eigenvalue weighted by Crippen LogP contribution is -2.01. The molecule has 0 radical (unpaired) electrons. The lowest BCUT2D eigenvalue weighted by Gasteiger charge is -1.98. The quantitative estimate of drug-likeness (QED) is 0.727. The SMILES string of the molecule is COc1ccc(-c2nc(Cn3cc(C)cn3)no2)cc1. The molecule has 2 aromatic heterocycles. The Balaban J connectivity index is 1.78. The molecule has 0 aliphatic carbocycles. The van der Waals surface area contributed by atoms with E-state index in [9.17, 15) is 0 Å². The zero-order chi connectivity index (χ0) is 13.9. The Labute approximate surface area is 116 Å². The number of hydrogen-bond acceptors (Lipinski definition) is 5. The van der Waals surface area contributed by atoms with Gasteiger partial charge in [0.1, 0.15) is 12.3 Å². The topological polar surface area (TPSA) is 66.0 Å². The Kier molecular flexibility index (Phi) is 3.20. The van der Waals surface area contributed by atoms with Crippen molar-refractivity contribution in [3.63, 3.8) is 0 Å². The molecule has 0 aliphatic rings. The average Bonchev–Trinajstić information content (AvgIpc) is 3.09. The highest BCUT2D eigenvalue weighted by atomic mass is 16.5. The number of aryl methyl sites for hydroxylation is 1. The zero-order valence-corrected chi connectivity index (χ0v) is 11.3. The molecular formula is C14H14N4O2. The Morgan fingerprint density at radius 1 is 1.25 bits per heavy atom. The van der Waals surface area contributed by atoms with Crippen LogP contribution in [0.3, 0.4) is 0 Å². The molecule has 0 spiro atoms. The summed E-state index contributed by atoms with van der Waals surface area (Å²) in [6.45, 7) is 2.48. The molecule has 3 aromatic rings. The summed E-state index contributed by atoms with van der Waals surface area (Å²) in [6, 6.07) is 7.48. The van der Waals surface area contributed by atoms with Crippen LogP contribution in [0.5, 0.6) is 5.75 Å². The first-order chi connectivity index (χ1) is 9.74. The van der Waals surface area contributed by atoms with Gasteiger partial charge in [0.25, 0.3) is 5.89 Å². The maximum absolute atomic E-state index is 5.26. The maximum Gasteiger partial charge on any atom is 0.257 e. The fourth-order valence-electron chi connectivity index (χ4n) is 1.87. The van der Waals surface area contributed by atoms with Gasteiger partial charge in [-0.1, -0.05) is 5.16 Å². The van der Waals surface area contributed by atoms with E-state index < -0.39 is 0 Å². The van der Waals surface area contributed by atoms with Gasteiger partial charge in [0.15, 0.2) is 5.82 Å². The van der Waals surface area contributed by atoms with Crippen molar-refractivity contribution in [1.82, 2.24) is 19.9 Å². The van der Waals surface area contributed by atoms with E-state index in [0.29, 0.717) is 18.3 Å². The molecule has 0 unspecified atom stereocenters. The summed E-state index contributed by atoms with van der Waals surface area (Å²) >= 11 is 0. The van der Waals surface area contributed by atoms with Gasteiger partial charge in [0.05, 0.1) is 13.3 Å². The summed E-state index contributed by atoms with van der Waals surface area (Å²) < 4.78 is 12.1. The summed E-state index contributed by atoms with van der Waals surface area (Å²) in [6.07, 6.45) is 3.73. The Hall–Kier alpha value is -2.63. The van der Waals surface area contributed by atoms with Gasteiger partial charge < -0.3 is 9.26 Å². The van der Waals surface area contributed by atoms with Crippen molar-refractivity contribution in [2.45, 2.75) is 13.5 Å². The van der Waals surface area contributed by atoms with E-state index in [0.717, 1.165) is 16.9 Å². The predicted molar refractivity (Wildman–Crippen MR) is 72.4 cm³/mol. The number of methoxy groups -OCH3 is 1. The monoisotopic (exact) mass is 270 g/mol. The van der Waals surface area contributed by atoms with Crippen molar-refractivity contribution in [2.24, 2.45) is 0 Å². The van der Waals surface area contributed by atoms with Gasteiger partial charge in [-0.25, -0.2) is 0 Å². The van der Waals surface area contributed by atoms with Crippen LogP contribution in [0.15, 0.2) is 41.2 Å². The molecule has 0 amide bonds. The van der Waals surface area contributed by atoms with Crippen LogP contribution in [0.2, 0.25) is 0 Å². The van der Waals surface area contributed by atoms with Crippen LogP contribution in [-0.4, -0.2) is 27.0 Å². The van der Waals surface area contributed by atoms with E-state index in [1.54, 1.807) is 18.0 Å². The van der Waals surface area contributed by atoms with Gasteiger partial charge in [0, 0.05) is 11.8 Å². The van der Waals surface area contributed by atoms with E-state index in [2.05, 4.69) is 15.2 Å². The van der Waals surface area contributed by atoms with Crippen LogP contribution in [0.1, 0.15) is 11.4 Å². The second-order valence-electron chi connectivity index (χ2n) is 4.46. The first kappa shape index (κ1) is 12.4. The van der Waals surface area contributed by atoms with E-state index in [1.165, 1.54) is 0 Å². The summed E-state index contributed by atoms with van der Waals surface area (Å²) in [5.41, 5.74) is 1.96. The number of benzene rings is 1. The van der Waals surface area contributed by atoms with Crippen molar-refractivity contribution in [2.75, 3.05) is 7.11 Å². The van der Waals surface area contributed by atoms with Crippen LogP contribution < -0.4 is 4.74 Å². The molecule has 0 atom stereocenters. The van der Waals surface area contributed by atoms with Crippen molar-refractivity contribution in [1.29, 1.82) is 0 Å². The molecule has 102 valence electrons. The molecule has 2 heterocycles. The van der Waals surface area contributed by atoms with Crippen molar-refractivity contribution in [3.05, 3.63) is 48.0 Å². The summed E-state index contributed by atoms with van der Waals surface area (Å²) in [7, 11) is 1.63. The van der Waals surface area contributed by atoms with Crippen molar-refractivity contribution < 1.29 is 9.26 Å². The van der Waals surface area contributed by atoms with Gasteiger partial charge in [-0.3, -0.25) is 4.68 Å². The number of rotatable bonds is 4. The lowest BCUT2D eigenvalue weighted by atomic mass is 10.2. The molecule has 0 bridgehead atoms. The molecule has 0 fully saturated rings. The highest BCUT2D eigenvalue weighted by molar-refractivity contribution is 5.54. The van der Waals surface area contributed by atoms with Crippen LogP contribution in [0.4, 0.5) is 0 Å². The number of nitrogens with zero attached hydrogens (tertiary/aromatic N) is 4. The van der Waals surface area contributed by atoms with Crippen LogP contribution in [0.25, 0.3) is 11.5 Å². The molecule has 20 heavy (non-hydrogen) atoms. The standard InChI is InChI=1S/C14H14N4O2/c1-10-7-15-18(8-10)9-13-16-14(20-17-13)11-3-5-12(19-2)6-4-11/h3-8H,9H2,1-2H3. The highest BCUT2D eigenvalue weighted by Crippen LogP contribution is 2.20. The maximum atomic E-state index is 5.26. The summed E-state index contributed by atoms with van der Waals surface area (Å²) in [4.78, 5) is 4.36. The summed E-state index contributed by atoms with van der Waals surface area (Å²) in [5, 5.41) is 8.16. The molecular weight excluding hydrogens is 256 g/mol. The first-order valence-corrected chi connectivity index (χ1v) is 6.20. The van der Waals surface area contributed by atoms with Crippen LogP contribution >= 0.6 is 0 Å². The Morgan fingerprint density at radius 2 is 2.05 bits per heavy atom. The fraction of sp³-hybridized carbons (Fsp3) is 0.214. The largest absolute Gasteiger partial charge is 0.497 e. The minimum absolute atomic E-state index is 0.492. The Bertz CT molecular complexity index is 700. The van der Waals surface area contributed by atoms with Gasteiger partial charge in [-0.15, -0.1) is 0 Å². The van der Waals surface area contributed by atoms with E-state index in [1.807, 2.05) is 37.4 Å². The minimum atomic E-state index is 0.492. The second kappa shape index (κ2) is 5.16. The third kappa shape index (κ3) is 2.54. The zero-order valence-electron chi connectivity index (χ0n) is 11.3. The molecule has 6 nitrogen and oxygen atoms in total. The third-order valence-electron chi connectivity index (χ3n) is 2.87. The fourth-order valence-corrected chi connectivity index (χ4v) is 1.87. The second-order valence-corrected chi connectivity index (χ2v) is 4.46. The van der Waals surface area contributed by atoms with Crippen LogP contribution in [-0.2, 0) is 6.54 Å². The van der Waals surface area contributed by atoms with E-state index in [-0.39, 0.29) is 0 Å². The number of ether oxygens (including phenoxy) is 1. The molecule has 6 heteroatoms. The molecule has 0 saturated carbocycles. The Morgan fingerprint density at radius 3 is 2.70 bits per heavy atom. The van der Waals surface area contributed by atoms with E-state index in [4.69, 9.17) is 9.26 Å². The van der Waals surface area contributed by atoms with E-state index >= 15 is 0 Å². The molecule has 1 aromatic carbocycles. The summed E-state index contributed by atoms with van der Waals surface area (Å²) in [5.74, 6) is 1.88. The number of aromatic nitrogens is 4. The van der Waals surface area contributed by atoms with Crippen molar-refractivity contribution >= 4 is 0 Å². The normalized spacial score (nSPS) is 10.7. The smallest absolute Gasteiger partial charge is 0.257 e. The molecule has 3 rings (SSSR count). The predicted octanol–water partition coefficient (Wildman–Crippen LogP) is 2.30. The average molecular weight is 270 g/mol. The molecule has 0 aliphatic heterocycles. The number of hydrogen-bond donors (Lipinski definition) is 0. The van der Waals surface area contributed by atoms with Crippen molar-refractivity contribution in [3.8, 4) is 17.2 Å². The van der Waals surface area contributed by atoms with Gasteiger partial charge >= 0.3 is 0 Å². The molecule has 0 saturated heterocycles. The van der Waals surface area contributed by atoms with Crippen LogP contribution in [0, 0.1) is 6.92 Å². The first-order valence-electron chi connectivity index (χ1n) is 6.20. The lowest BCUT2D eigenvalue weighted by molar-refractivity contribution is 0.413. The van der Waals surface area contributed by atoms with Gasteiger partial charge in [0.2, 0.25) is 0 Å². The van der Waals surface area contributed by atoms with Gasteiger partial charge in [-0.2, -0.15) is 10.1 Å². The highest BCUT2D eigenvalue weighted by Gasteiger charge is 2.09. The molecule has 0 N–H and O–H groups in total. The third-order valence-corrected chi connectivity index (χ3v) is 2.87.